The summed E-state index contributed by atoms with van der Waals surface area (Å²) in [5.74, 6) is 1.49. The molecule has 0 aliphatic rings. The Morgan fingerprint density at radius 2 is 1.94 bits per heavy atom. The first kappa shape index (κ1) is 14.3. The van der Waals surface area contributed by atoms with Crippen LogP contribution < -0.4 is 15.2 Å². The second-order valence-corrected chi connectivity index (χ2v) is 4.72. The molecule has 0 atom stereocenters. The molecule has 1 rings (SSSR count). The van der Waals surface area contributed by atoms with Gasteiger partial charge in [-0.3, -0.25) is 0 Å². The Hall–Kier alpha value is -0.740. The van der Waals surface area contributed by atoms with E-state index in [1.54, 1.807) is 7.11 Å². The standard InChI is InChI=1S/C13H20BrNO2/c1-4-10(5-2)17-13-11(14)6-9(8-15)7-12(13)16-3/h6-7,10H,4-5,8,15H2,1-3H3. The molecule has 1 aromatic rings. The van der Waals surface area contributed by atoms with Gasteiger partial charge in [0.05, 0.1) is 17.7 Å². The fourth-order valence-corrected chi connectivity index (χ4v) is 2.21. The van der Waals surface area contributed by atoms with Crippen LogP contribution >= 0.6 is 15.9 Å². The molecule has 0 aliphatic carbocycles. The van der Waals surface area contributed by atoms with Crippen LogP contribution in [-0.2, 0) is 6.54 Å². The van der Waals surface area contributed by atoms with Crippen LogP contribution in [0.5, 0.6) is 11.5 Å². The normalized spacial score (nSPS) is 10.7. The minimum Gasteiger partial charge on any atom is -0.493 e. The Balaban J connectivity index is 3.04. The number of hydrogen-bond donors (Lipinski definition) is 1. The molecule has 0 heterocycles. The van der Waals surface area contributed by atoms with Gasteiger partial charge in [0.2, 0.25) is 0 Å². The number of benzene rings is 1. The summed E-state index contributed by atoms with van der Waals surface area (Å²) in [7, 11) is 1.64. The zero-order chi connectivity index (χ0) is 12.8. The van der Waals surface area contributed by atoms with Crippen LogP contribution in [0.4, 0.5) is 0 Å². The van der Waals surface area contributed by atoms with Crippen molar-refractivity contribution in [1.82, 2.24) is 0 Å². The lowest BCUT2D eigenvalue weighted by molar-refractivity contribution is 0.183. The SMILES string of the molecule is CCC(CC)Oc1c(Br)cc(CN)cc1OC. The highest BCUT2D eigenvalue weighted by molar-refractivity contribution is 9.10. The van der Waals surface area contributed by atoms with Crippen LogP contribution in [0.25, 0.3) is 0 Å². The van der Waals surface area contributed by atoms with Gasteiger partial charge in [0.1, 0.15) is 0 Å². The number of nitrogens with two attached hydrogens (primary N) is 1. The van der Waals surface area contributed by atoms with Crippen molar-refractivity contribution in [3.63, 3.8) is 0 Å². The maximum atomic E-state index is 5.95. The molecule has 3 nitrogen and oxygen atoms in total. The van der Waals surface area contributed by atoms with Crippen molar-refractivity contribution < 1.29 is 9.47 Å². The molecule has 1 aromatic carbocycles. The average Bonchev–Trinajstić information content (AvgIpc) is 2.36. The van der Waals surface area contributed by atoms with Crippen molar-refractivity contribution in [1.29, 1.82) is 0 Å². The lowest BCUT2D eigenvalue weighted by atomic mass is 10.2. The van der Waals surface area contributed by atoms with E-state index >= 15 is 0 Å². The summed E-state index contributed by atoms with van der Waals surface area (Å²) in [5, 5.41) is 0. The minimum absolute atomic E-state index is 0.212. The first-order valence-corrected chi connectivity index (χ1v) is 6.68. The van der Waals surface area contributed by atoms with Gasteiger partial charge in [-0.2, -0.15) is 0 Å². The van der Waals surface area contributed by atoms with Gasteiger partial charge in [-0.1, -0.05) is 13.8 Å². The summed E-state index contributed by atoms with van der Waals surface area (Å²) in [6.07, 6.45) is 2.17. The average molecular weight is 302 g/mol. The number of methoxy groups -OCH3 is 1. The first-order chi connectivity index (χ1) is 8.15. The summed E-state index contributed by atoms with van der Waals surface area (Å²) >= 11 is 3.51. The minimum atomic E-state index is 0.212. The van der Waals surface area contributed by atoms with Crippen molar-refractivity contribution >= 4 is 15.9 Å². The Morgan fingerprint density at radius 3 is 2.41 bits per heavy atom. The maximum Gasteiger partial charge on any atom is 0.175 e. The summed E-state index contributed by atoms with van der Waals surface area (Å²) in [5.41, 5.74) is 6.65. The van der Waals surface area contributed by atoms with Gasteiger partial charge < -0.3 is 15.2 Å². The van der Waals surface area contributed by atoms with Crippen LogP contribution in [0.1, 0.15) is 32.3 Å². The highest BCUT2D eigenvalue weighted by Crippen LogP contribution is 2.37. The van der Waals surface area contributed by atoms with Gasteiger partial charge in [0, 0.05) is 6.54 Å². The fourth-order valence-electron chi connectivity index (χ4n) is 1.63. The summed E-state index contributed by atoms with van der Waals surface area (Å²) < 4.78 is 12.2. The molecule has 0 fully saturated rings. The lowest BCUT2D eigenvalue weighted by Crippen LogP contribution is -2.14. The summed E-state index contributed by atoms with van der Waals surface area (Å²) in [6.45, 7) is 4.71. The van der Waals surface area contributed by atoms with E-state index in [0.717, 1.165) is 34.4 Å². The zero-order valence-electron chi connectivity index (χ0n) is 10.6. The molecule has 0 unspecified atom stereocenters. The van der Waals surface area contributed by atoms with E-state index in [0.29, 0.717) is 6.54 Å². The van der Waals surface area contributed by atoms with Gasteiger partial charge in [0.15, 0.2) is 11.5 Å². The number of rotatable bonds is 6. The monoisotopic (exact) mass is 301 g/mol. The highest BCUT2D eigenvalue weighted by atomic mass is 79.9. The molecule has 0 aliphatic heterocycles. The molecule has 0 bridgehead atoms. The van der Waals surface area contributed by atoms with Crippen LogP contribution in [0.15, 0.2) is 16.6 Å². The smallest absolute Gasteiger partial charge is 0.175 e. The van der Waals surface area contributed by atoms with Gasteiger partial charge in [-0.05, 0) is 46.5 Å². The molecule has 0 spiro atoms. The molecular formula is C13H20BrNO2. The lowest BCUT2D eigenvalue weighted by Gasteiger charge is -2.19. The van der Waals surface area contributed by atoms with E-state index in [2.05, 4.69) is 29.8 Å². The first-order valence-electron chi connectivity index (χ1n) is 5.89. The van der Waals surface area contributed by atoms with Gasteiger partial charge in [-0.25, -0.2) is 0 Å². The predicted molar refractivity (Wildman–Crippen MR) is 73.6 cm³/mol. The Kier molecular flexibility index (Phi) is 5.78. The van der Waals surface area contributed by atoms with Gasteiger partial charge in [0.25, 0.3) is 0 Å². The third-order valence-corrected chi connectivity index (χ3v) is 3.31. The Morgan fingerprint density at radius 1 is 1.29 bits per heavy atom. The topological polar surface area (TPSA) is 44.5 Å². The Labute approximate surface area is 111 Å². The Bertz CT molecular complexity index is 365. The third-order valence-electron chi connectivity index (χ3n) is 2.72. The number of ether oxygens (including phenoxy) is 2. The predicted octanol–water partition coefficient (Wildman–Crippen LogP) is 3.48. The molecule has 0 amide bonds. The van der Waals surface area contributed by atoms with Gasteiger partial charge >= 0.3 is 0 Å². The van der Waals surface area contributed by atoms with Gasteiger partial charge in [-0.15, -0.1) is 0 Å². The molecule has 17 heavy (non-hydrogen) atoms. The van der Waals surface area contributed by atoms with Crippen LogP contribution in [0.3, 0.4) is 0 Å². The second kappa shape index (κ2) is 6.87. The molecule has 0 aromatic heterocycles. The van der Waals surface area contributed by atoms with E-state index in [1.165, 1.54) is 0 Å². The molecule has 4 heteroatoms. The van der Waals surface area contributed by atoms with E-state index in [4.69, 9.17) is 15.2 Å². The molecular weight excluding hydrogens is 282 g/mol. The molecule has 0 saturated carbocycles. The largest absolute Gasteiger partial charge is 0.493 e. The van der Waals surface area contributed by atoms with Crippen molar-refractivity contribution in [2.24, 2.45) is 5.73 Å². The van der Waals surface area contributed by atoms with Crippen LogP contribution in [-0.4, -0.2) is 13.2 Å². The van der Waals surface area contributed by atoms with Crippen molar-refractivity contribution in [2.75, 3.05) is 7.11 Å². The van der Waals surface area contributed by atoms with E-state index in [-0.39, 0.29) is 6.10 Å². The van der Waals surface area contributed by atoms with Crippen molar-refractivity contribution in [3.8, 4) is 11.5 Å². The second-order valence-electron chi connectivity index (χ2n) is 3.87. The fraction of sp³-hybridized carbons (Fsp3) is 0.538. The van der Waals surface area contributed by atoms with E-state index in [9.17, 15) is 0 Å². The van der Waals surface area contributed by atoms with E-state index < -0.39 is 0 Å². The van der Waals surface area contributed by atoms with Crippen LogP contribution in [0.2, 0.25) is 0 Å². The molecule has 0 radical (unpaired) electrons. The number of hydrogen-bond acceptors (Lipinski definition) is 3. The molecule has 96 valence electrons. The highest BCUT2D eigenvalue weighted by Gasteiger charge is 2.14. The van der Waals surface area contributed by atoms with E-state index in [1.807, 2.05) is 12.1 Å². The molecule has 2 N–H and O–H groups in total. The zero-order valence-corrected chi connectivity index (χ0v) is 12.2. The quantitative estimate of drug-likeness (QED) is 0.875. The van der Waals surface area contributed by atoms with Crippen LogP contribution in [0, 0.1) is 0 Å². The maximum absolute atomic E-state index is 5.95. The number of halogens is 1. The summed E-state index contributed by atoms with van der Waals surface area (Å²) in [6, 6.07) is 3.89. The summed E-state index contributed by atoms with van der Waals surface area (Å²) in [4.78, 5) is 0. The van der Waals surface area contributed by atoms with Crippen molar-refractivity contribution in [3.05, 3.63) is 22.2 Å². The third kappa shape index (κ3) is 3.61. The van der Waals surface area contributed by atoms with Crippen molar-refractivity contribution in [2.45, 2.75) is 39.3 Å². The molecule has 0 saturated heterocycles.